The third kappa shape index (κ3) is 5.76. The van der Waals surface area contributed by atoms with Crippen molar-refractivity contribution < 1.29 is 23.1 Å². The second-order valence-electron chi connectivity index (χ2n) is 9.71. The van der Waals surface area contributed by atoms with Crippen molar-refractivity contribution in [3.8, 4) is 0 Å². The monoisotopic (exact) mass is 543 g/mol. The summed E-state index contributed by atoms with van der Waals surface area (Å²) in [6, 6.07) is 23.5. The molecule has 200 valence electrons. The van der Waals surface area contributed by atoms with Gasteiger partial charge in [-0.2, -0.15) is 0 Å². The molecule has 0 radical (unpaired) electrons. The van der Waals surface area contributed by atoms with Crippen molar-refractivity contribution in [3.05, 3.63) is 113 Å². The number of nitrogens with two attached hydrogens (primary N) is 1. The lowest BCUT2D eigenvalue weighted by atomic mass is 9.85. The molecule has 4 aromatic rings. The maximum absolute atomic E-state index is 14.1. The number of fused-ring (bicyclic) bond motifs is 2. The van der Waals surface area contributed by atoms with Crippen molar-refractivity contribution in [2.24, 2.45) is 5.73 Å². The van der Waals surface area contributed by atoms with E-state index in [0.717, 1.165) is 27.5 Å². The minimum atomic E-state index is -4.12. The van der Waals surface area contributed by atoms with E-state index in [0.29, 0.717) is 12.1 Å². The largest absolute Gasteiger partial charge is 0.480 e. The van der Waals surface area contributed by atoms with Crippen molar-refractivity contribution >= 4 is 32.5 Å². The first kappa shape index (κ1) is 26.7. The average Bonchev–Trinajstić information content (AvgIpc) is 2.95. The molecule has 1 aliphatic rings. The Morgan fingerprint density at radius 3 is 2.41 bits per heavy atom. The summed E-state index contributed by atoms with van der Waals surface area (Å²) in [7, 11) is -4.12. The molecule has 0 aliphatic carbocycles. The van der Waals surface area contributed by atoms with Crippen LogP contribution in [0.5, 0.6) is 0 Å². The third-order valence-corrected chi connectivity index (χ3v) is 8.55. The summed E-state index contributed by atoms with van der Waals surface area (Å²) in [5.74, 6) is -1.54. The first-order valence-corrected chi connectivity index (χ1v) is 14.1. The number of carboxylic acid groups (broad SMARTS) is 1. The van der Waals surface area contributed by atoms with Crippen LogP contribution in [0, 0.1) is 0 Å². The quantitative estimate of drug-likeness (QED) is 0.254. The molecule has 39 heavy (non-hydrogen) atoms. The van der Waals surface area contributed by atoms with Crippen molar-refractivity contribution in [2.45, 2.75) is 42.4 Å². The number of Topliss-reactive ketones (excluding diaryl/α,β-unsaturated/α-hetero) is 1. The number of nitrogens with one attached hydrogen (secondary N) is 2. The average molecular weight is 544 g/mol. The first-order chi connectivity index (χ1) is 18.7. The predicted molar refractivity (Wildman–Crippen MR) is 149 cm³/mol. The van der Waals surface area contributed by atoms with Crippen molar-refractivity contribution in [1.29, 1.82) is 0 Å². The van der Waals surface area contributed by atoms with Crippen LogP contribution in [0.4, 0.5) is 0 Å². The molecule has 0 bridgehead atoms. The number of carbonyl (C=O) groups excluding carboxylic acids is 1. The Morgan fingerprint density at radius 2 is 1.64 bits per heavy atom. The zero-order chi connectivity index (χ0) is 27.6. The van der Waals surface area contributed by atoms with Crippen LogP contribution in [-0.2, 0) is 39.0 Å². The molecule has 0 fully saturated rings. The fourth-order valence-electron chi connectivity index (χ4n) is 5.08. The number of carbonyl (C=O) groups is 2. The number of hydrogen-bond donors (Lipinski definition) is 4. The van der Waals surface area contributed by atoms with Crippen LogP contribution in [-0.4, -0.2) is 37.4 Å². The maximum Gasteiger partial charge on any atom is 0.321 e. The summed E-state index contributed by atoms with van der Waals surface area (Å²) in [6.45, 7) is 0.299. The number of ketones is 1. The van der Waals surface area contributed by atoms with Gasteiger partial charge in [-0.25, -0.2) is 13.1 Å². The molecule has 8 nitrogen and oxygen atoms in total. The number of rotatable bonds is 9. The topological polar surface area (TPSA) is 139 Å². The van der Waals surface area contributed by atoms with Crippen molar-refractivity contribution in [2.75, 3.05) is 0 Å². The second kappa shape index (κ2) is 11.1. The van der Waals surface area contributed by atoms with Gasteiger partial charge in [-0.3, -0.25) is 14.9 Å². The zero-order valence-corrected chi connectivity index (χ0v) is 21.9. The Hall–Kier alpha value is -3.89. The standard InChI is InChI=1S/C30H29N3O5S/c31-18-20-7-5-6-19(14-20)15-26(33-39(37,38)24-13-12-21-8-1-2-9-22(21)16-24)29(34)28-25-11-4-3-10-23(25)17-27(32-28)30(35)36/h1-14,16,26-28,32-33H,15,17-18,31H2,(H,35,36)/t26-,27?,28?/m0/s1. The summed E-state index contributed by atoms with van der Waals surface area (Å²) in [6.07, 6.45) is 0.291. The van der Waals surface area contributed by atoms with Gasteiger partial charge in [0.2, 0.25) is 10.0 Å². The van der Waals surface area contributed by atoms with Gasteiger partial charge in [-0.05, 0) is 58.0 Å². The molecule has 0 spiro atoms. The Morgan fingerprint density at radius 1 is 0.923 bits per heavy atom. The van der Waals surface area contributed by atoms with Gasteiger partial charge in [0.05, 0.1) is 17.0 Å². The molecular weight excluding hydrogens is 514 g/mol. The molecule has 2 unspecified atom stereocenters. The van der Waals surface area contributed by atoms with Gasteiger partial charge < -0.3 is 10.8 Å². The number of sulfonamides is 1. The van der Waals surface area contributed by atoms with E-state index in [1.165, 1.54) is 6.07 Å². The minimum absolute atomic E-state index is 0.0372. The van der Waals surface area contributed by atoms with E-state index in [1.807, 2.05) is 48.5 Å². The molecule has 0 saturated carbocycles. The summed E-state index contributed by atoms with van der Waals surface area (Å²) >= 11 is 0. The van der Waals surface area contributed by atoms with Gasteiger partial charge in [-0.1, -0.05) is 78.9 Å². The van der Waals surface area contributed by atoms with Gasteiger partial charge >= 0.3 is 5.97 Å². The Balaban J connectivity index is 1.53. The maximum atomic E-state index is 14.1. The molecule has 1 aliphatic heterocycles. The van der Waals surface area contributed by atoms with E-state index in [2.05, 4.69) is 10.0 Å². The summed E-state index contributed by atoms with van der Waals surface area (Å²) in [5.41, 5.74) is 8.77. The highest BCUT2D eigenvalue weighted by Gasteiger charge is 2.38. The molecule has 1 heterocycles. The lowest BCUT2D eigenvalue weighted by Gasteiger charge is -2.32. The fraction of sp³-hybridized carbons (Fsp3) is 0.200. The van der Waals surface area contributed by atoms with Crippen LogP contribution in [0.25, 0.3) is 10.8 Å². The van der Waals surface area contributed by atoms with Gasteiger partial charge in [0.25, 0.3) is 0 Å². The Kier molecular flexibility index (Phi) is 7.58. The van der Waals surface area contributed by atoms with Gasteiger partial charge in [0, 0.05) is 6.54 Å². The molecular formula is C30H29N3O5S. The van der Waals surface area contributed by atoms with Gasteiger partial charge in [-0.15, -0.1) is 0 Å². The molecule has 5 N–H and O–H groups in total. The first-order valence-electron chi connectivity index (χ1n) is 12.6. The number of hydrogen-bond acceptors (Lipinski definition) is 6. The second-order valence-corrected chi connectivity index (χ2v) is 11.4. The van der Waals surface area contributed by atoms with Crippen molar-refractivity contribution in [1.82, 2.24) is 10.0 Å². The van der Waals surface area contributed by atoms with E-state index in [4.69, 9.17) is 5.73 Å². The van der Waals surface area contributed by atoms with E-state index in [1.54, 1.807) is 36.4 Å². The Labute approximate surface area is 226 Å². The highest BCUT2D eigenvalue weighted by molar-refractivity contribution is 7.89. The molecule has 0 aromatic heterocycles. The molecule has 5 rings (SSSR count). The fourth-order valence-corrected chi connectivity index (χ4v) is 6.32. The van der Waals surface area contributed by atoms with Crippen LogP contribution in [0.3, 0.4) is 0 Å². The number of benzene rings is 4. The lowest BCUT2D eigenvalue weighted by molar-refractivity contribution is -0.140. The van der Waals surface area contributed by atoms with Crippen LogP contribution in [0.1, 0.15) is 28.3 Å². The molecule has 3 atom stereocenters. The highest BCUT2D eigenvalue weighted by atomic mass is 32.2. The van der Waals surface area contributed by atoms with E-state index < -0.39 is 39.9 Å². The molecule has 0 saturated heterocycles. The Bertz CT molecular complexity index is 1650. The number of carboxylic acids is 1. The normalized spacial score (nSPS) is 17.9. The van der Waals surface area contributed by atoms with E-state index in [9.17, 15) is 23.1 Å². The van der Waals surface area contributed by atoms with Crippen LogP contribution in [0.15, 0.2) is 95.9 Å². The van der Waals surface area contributed by atoms with Crippen LogP contribution >= 0.6 is 0 Å². The van der Waals surface area contributed by atoms with Crippen LogP contribution in [0.2, 0.25) is 0 Å². The zero-order valence-electron chi connectivity index (χ0n) is 21.1. The number of aliphatic carboxylic acids is 1. The van der Waals surface area contributed by atoms with Gasteiger partial charge in [0.15, 0.2) is 5.78 Å². The van der Waals surface area contributed by atoms with Gasteiger partial charge in [0.1, 0.15) is 6.04 Å². The lowest BCUT2D eigenvalue weighted by Crippen LogP contribution is -2.52. The predicted octanol–water partition coefficient (Wildman–Crippen LogP) is 3.10. The van der Waals surface area contributed by atoms with Crippen molar-refractivity contribution in [3.63, 3.8) is 0 Å². The van der Waals surface area contributed by atoms with E-state index in [-0.39, 0.29) is 17.7 Å². The molecule has 4 aromatic carbocycles. The van der Waals surface area contributed by atoms with E-state index >= 15 is 0 Å². The summed E-state index contributed by atoms with van der Waals surface area (Å²) in [4.78, 5) is 26.0. The molecule has 0 amide bonds. The molecule has 9 heteroatoms. The van der Waals surface area contributed by atoms with Crippen LogP contribution < -0.4 is 15.8 Å². The third-order valence-electron chi connectivity index (χ3n) is 7.08. The highest BCUT2D eigenvalue weighted by Crippen LogP contribution is 2.28. The summed E-state index contributed by atoms with van der Waals surface area (Å²) in [5, 5.41) is 14.3. The minimum Gasteiger partial charge on any atom is -0.480 e. The summed E-state index contributed by atoms with van der Waals surface area (Å²) < 4.78 is 29.9. The smallest absolute Gasteiger partial charge is 0.321 e. The SMILES string of the molecule is NCc1cccc(C[C@H](NS(=O)(=O)c2ccc3ccccc3c2)C(=O)C2NC(C(=O)O)Cc3ccccc32)c1.